The van der Waals surface area contributed by atoms with E-state index in [0.29, 0.717) is 41.1 Å². The van der Waals surface area contributed by atoms with Gasteiger partial charge in [-0.2, -0.15) is 9.61 Å². The molecule has 0 spiro atoms. The maximum Gasteiger partial charge on any atom is 0.165 e. The van der Waals surface area contributed by atoms with Crippen LogP contribution in [0.4, 0.5) is 10.2 Å². The first-order valence-electron chi connectivity index (χ1n) is 10.3. The van der Waals surface area contributed by atoms with Gasteiger partial charge < -0.3 is 20.5 Å². The summed E-state index contributed by atoms with van der Waals surface area (Å²) in [4.78, 5) is 9.29. The van der Waals surface area contributed by atoms with Gasteiger partial charge in [0.15, 0.2) is 5.65 Å². The highest BCUT2D eigenvalue weighted by atomic mass is 79.9. The van der Waals surface area contributed by atoms with Crippen LogP contribution in [0.5, 0.6) is 0 Å². The second-order valence-corrected chi connectivity index (χ2v) is 8.53. The summed E-state index contributed by atoms with van der Waals surface area (Å²) in [5.41, 5.74) is 10.0. The number of nitrogens with zero attached hydrogens (tertiary/aromatic N) is 4. The number of nitrogen functional groups attached to an aromatic ring is 1. The van der Waals surface area contributed by atoms with E-state index in [1.165, 1.54) is 12.1 Å². The number of hydrogen-bond acceptors (Lipinski definition) is 7. The third kappa shape index (κ3) is 3.83. The molecule has 3 N–H and O–H groups in total. The highest BCUT2D eigenvalue weighted by Crippen LogP contribution is 2.31. The minimum Gasteiger partial charge on any atom is -0.383 e. The molecule has 10 heteroatoms. The number of fused-ring (bicyclic) bond motifs is 2. The molecule has 0 radical (unpaired) electrons. The van der Waals surface area contributed by atoms with Crippen LogP contribution in [-0.2, 0) is 16.0 Å². The van der Waals surface area contributed by atoms with Crippen molar-refractivity contribution >= 4 is 38.3 Å². The van der Waals surface area contributed by atoms with Gasteiger partial charge in [0.1, 0.15) is 11.6 Å². The lowest BCUT2D eigenvalue weighted by atomic mass is 10.1. The van der Waals surface area contributed by atoms with Gasteiger partial charge in [0, 0.05) is 49.0 Å². The third-order valence-electron chi connectivity index (χ3n) is 5.78. The highest BCUT2D eigenvalue weighted by Gasteiger charge is 2.26. The van der Waals surface area contributed by atoms with Gasteiger partial charge in [0.2, 0.25) is 0 Å². The Kier molecular flexibility index (Phi) is 5.76. The molecule has 0 bridgehead atoms. The van der Waals surface area contributed by atoms with Crippen LogP contribution >= 0.6 is 15.9 Å². The van der Waals surface area contributed by atoms with Crippen LogP contribution < -0.4 is 11.1 Å². The van der Waals surface area contributed by atoms with Crippen LogP contribution in [-0.4, -0.2) is 52.1 Å². The zero-order chi connectivity index (χ0) is 22.2. The zero-order valence-corrected chi connectivity index (χ0v) is 19.0. The molecule has 1 aliphatic heterocycles. The van der Waals surface area contributed by atoms with Gasteiger partial charge >= 0.3 is 0 Å². The normalized spacial score (nSPS) is 19.1. The minimum atomic E-state index is -0.307. The minimum absolute atomic E-state index is 0.0156. The molecule has 1 fully saturated rings. The number of aromatic nitrogens is 4. The van der Waals surface area contributed by atoms with E-state index in [4.69, 9.17) is 20.2 Å². The lowest BCUT2D eigenvalue weighted by Crippen LogP contribution is -2.47. The Morgan fingerprint density at radius 2 is 2.22 bits per heavy atom. The van der Waals surface area contributed by atoms with Crippen LogP contribution in [0.25, 0.3) is 27.7 Å². The maximum atomic E-state index is 13.7. The Balaban J connectivity index is 1.51. The van der Waals surface area contributed by atoms with Crippen molar-refractivity contribution in [1.29, 1.82) is 0 Å². The number of halogens is 2. The second kappa shape index (κ2) is 8.70. The molecule has 8 nitrogen and oxygen atoms in total. The molecule has 32 heavy (non-hydrogen) atoms. The molecule has 0 amide bonds. The number of hydrogen-bond donors (Lipinski definition) is 2. The molecule has 4 heterocycles. The fraction of sp³-hybridized carbons (Fsp3) is 0.318. The zero-order valence-electron chi connectivity index (χ0n) is 17.4. The van der Waals surface area contributed by atoms with Gasteiger partial charge in [-0.05, 0) is 46.6 Å². The molecule has 0 saturated carbocycles. The summed E-state index contributed by atoms with van der Waals surface area (Å²) >= 11 is 3.57. The quantitative estimate of drug-likeness (QED) is 0.433. The predicted octanol–water partition coefficient (Wildman–Crippen LogP) is 3.32. The van der Waals surface area contributed by atoms with E-state index in [-0.39, 0.29) is 18.0 Å². The highest BCUT2D eigenvalue weighted by molar-refractivity contribution is 9.10. The summed E-state index contributed by atoms with van der Waals surface area (Å²) in [5, 5.41) is 8.63. The number of rotatable bonds is 5. The monoisotopic (exact) mass is 500 g/mol. The molecule has 1 aliphatic rings. The first-order chi connectivity index (χ1) is 15.5. The summed E-state index contributed by atoms with van der Waals surface area (Å²) in [5.74, 6) is 0.145. The van der Waals surface area contributed by atoms with Crippen molar-refractivity contribution < 1.29 is 13.9 Å². The second-order valence-electron chi connectivity index (χ2n) is 7.74. The van der Waals surface area contributed by atoms with Crippen molar-refractivity contribution in [2.45, 2.75) is 25.1 Å². The molecule has 166 valence electrons. The average Bonchev–Trinajstić information content (AvgIpc) is 3.24. The SMILES string of the molecule is CO[C@@H]1COCC[C@@H]1NCc1nc2c(-c3cnc4ccc(F)cc4c3)cnn2c(N)c1Br. The third-order valence-corrected chi connectivity index (χ3v) is 6.65. The van der Waals surface area contributed by atoms with Crippen molar-refractivity contribution in [3.8, 4) is 11.1 Å². The molecule has 2 atom stereocenters. The first-order valence-corrected chi connectivity index (χ1v) is 11.1. The predicted molar refractivity (Wildman–Crippen MR) is 123 cm³/mol. The van der Waals surface area contributed by atoms with E-state index < -0.39 is 0 Å². The fourth-order valence-electron chi connectivity index (χ4n) is 4.02. The number of anilines is 1. The summed E-state index contributed by atoms with van der Waals surface area (Å²) in [6, 6.07) is 6.56. The molecular weight excluding hydrogens is 479 g/mol. The molecule has 0 aliphatic carbocycles. The van der Waals surface area contributed by atoms with Gasteiger partial charge in [0.05, 0.1) is 34.6 Å². The van der Waals surface area contributed by atoms with Crippen LogP contribution in [0.1, 0.15) is 12.1 Å². The van der Waals surface area contributed by atoms with Gasteiger partial charge in [-0.15, -0.1) is 0 Å². The van der Waals surface area contributed by atoms with Crippen molar-refractivity contribution in [2.75, 3.05) is 26.1 Å². The molecule has 4 aromatic rings. The van der Waals surface area contributed by atoms with E-state index in [2.05, 4.69) is 31.3 Å². The van der Waals surface area contributed by atoms with Gasteiger partial charge in [0.25, 0.3) is 0 Å². The number of ether oxygens (including phenoxy) is 2. The molecule has 1 saturated heterocycles. The number of benzene rings is 1. The smallest absolute Gasteiger partial charge is 0.165 e. The molecule has 3 aromatic heterocycles. The Hall–Kier alpha value is -2.66. The Labute approximate surface area is 192 Å². The Morgan fingerprint density at radius 3 is 3.06 bits per heavy atom. The fourth-order valence-corrected chi connectivity index (χ4v) is 4.42. The number of methoxy groups -OCH3 is 1. The van der Waals surface area contributed by atoms with Crippen LogP contribution in [0.2, 0.25) is 0 Å². The van der Waals surface area contributed by atoms with E-state index in [1.54, 1.807) is 30.1 Å². The topological polar surface area (TPSA) is 99.6 Å². The number of nitrogens with one attached hydrogen (secondary N) is 1. The van der Waals surface area contributed by atoms with Gasteiger partial charge in [-0.3, -0.25) is 4.98 Å². The standard InChI is InChI=1S/C22H22BrFN6O2/c1-31-19-11-32-5-4-17(19)27-10-18-20(23)21(25)30-22(29-18)15(9-28-30)13-6-12-7-14(24)2-3-16(12)26-8-13/h2-3,6-9,17,19,27H,4-5,10-11,25H2,1H3/t17-,19+/m0/s1. The van der Waals surface area contributed by atoms with Crippen LogP contribution in [0.3, 0.4) is 0 Å². The Bertz CT molecular complexity index is 1300. The van der Waals surface area contributed by atoms with Gasteiger partial charge in [-0.1, -0.05) is 0 Å². The number of nitrogens with two attached hydrogens (primary N) is 1. The lowest BCUT2D eigenvalue weighted by molar-refractivity contribution is -0.0502. The summed E-state index contributed by atoms with van der Waals surface area (Å²) in [6.45, 7) is 1.75. The maximum absolute atomic E-state index is 13.7. The van der Waals surface area contributed by atoms with E-state index >= 15 is 0 Å². The van der Waals surface area contributed by atoms with Crippen molar-refractivity contribution in [2.24, 2.45) is 0 Å². The van der Waals surface area contributed by atoms with Crippen molar-refractivity contribution in [3.63, 3.8) is 0 Å². The summed E-state index contributed by atoms with van der Waals surface area (Å²) < 4.78 is 27.0. The summed E-state index contributed by atoms with van der Waals surface area (Å²) in [6.07, 6.45) is 4.27. The molecular formula is C22H22BrFN6O2. The number of pyridine rings is 1. The van der Waals surface area contributed by atoms with Gasteiger partial charge in [-0.25, -0.2) is 9.37 Å². The molecule has 0 unspecified atom stereocenters. The van der Waals surface area contributed by atoms with Crippen molar-refractivity contribution in [1.82, 2.24) is 24.9 Å². The average molecular weight is 501 g/mol. The molecule has 1 aromatic carbocycles. The largest absolute Gasteiger partial charge is 0.383 e. The lowest BCUT2D eigenvalue weighted by Gasteiger charge is -2.31. The Morgan fingerprint density at radius 1 is 1.34 bits per heavy atom. The van der Waals surface area contributed by atoms with E-state index in [0.717, 1.165) is 28.8 Å². The van der Waals surface area contributed by atoms with E-state index in [1.807, 2.05) is 6.07 Å². The van der Waals surface area contributed by atoms with Crippen LogP contribution in [0.15, 0.2) is 41.1 Å². The van der Waals surface area contributed by atoms with E-state index in [9.17, 15) is 4.39 Å². The molecule has 5 rings (SSSR count). The van der Waals surface area contributed by atoms with Crippen LogP contribution in [0, 0.1) is 5.82 Å². The summed E-state index contributed by atoms with van der Waals surface area (Å²) in [7, 11) is 1.69. The first kappa shape index (κ1) is 21.2. The van der Waals surface area contributed by atoms with Crippen molar-refractivity contribution in [3.05, 3.63) is 52.6 Å².